The van der Waals surface area contributed by atoms with Crippen molar-refractivity contribution in [2.45, 2.75) is 51.6 Å². The number of nitrogens with zero attached hydrogens (tertiary/aromatic N) is 1. The molecule has 0 bridgehead atoms. The molecule has 1 amide bonds. The number of carbonyl (C=O) groups is 1. The van der Waals surface area contributed by atoms with Gasteiger partial charge >= 0.3 is 0 Å². The van der Waals surface area contributed by atoms with Gasteiger partial charge in [0, 0.05) is 18.8 Å². The highest BCUT2D eigenvalue weighted by Crippen LogP contribution is 2.24. The van der Waals surface area contributed by atoms with Crippen molar-refractivity contribution in [3.05, 3.63) is 29.8 Å². The van der Waals surface area contributed by atoms with Gasteiger partial charge in [-0.3, -0.25) is 4.79 Å². The third-order valence-electron chi connectivity index (χ3n) is 4.14. The SMILES string of the molecule is CCCC(N)C(=O)NC(C)c1cccc(N2CCCC2)c1.Cl. The van der Waals surface area contributed by atoms with Crippen molar-refractivity contribution in [1.82, 2.24) is 5.32 Å². The molecule has 4 nitrogen and oxygen atoms in total. The van der Waals surface area contributed by atoms with E-state index in [4.69, 9.17) is 5.73 Å². The van der Waals surface area contributed by atoms with Gasteiger partial charge in [-0.1, -0.05) is 25.5 Å². The summed E-state index contributed by atoms with van der Waals surface area (Å²) in [7, 11) is 0. The van der Waals surface area contributed by atoms with E-state index in [9.17, 15) is 4.79 Å². The average molecular weight is 326 g/mol. The molecule has 5 heteroatoms. The molecule has 0 saturated carbocycles. The fraction of sp³-hybridized carbons (Fsp3) is 0.588. The number of hydrogen-bond donors (Lipinski definition) is 2. The van der Waals surface area contributed by atoms with Crippen LogP contribution in [0.1, 0.15) is 51.1 Å². The molecule has 0 aromatic heterocycles. The number of amides is 1. The van der Waals surface area contributed by atoms with Gasteiger partial charge in [0.25, 0.3) is 0 Å². The Balaban J connectivity index is 0.00000242. The Bertz CT molecular complexity index is 475. The van der Waals surface area contributed by atoms with E-state index < -0.39 is 6.04 Å². The second kappa shape index (κ2) is 9.01. The molecule has 2 unspecified atom stereocenters. The van der Waals surface area contributed by atoms with E-state index in [1.807, 2.05) is 13.8 Å². The molecule has 2 rings (SSSR count). The zero-order valence-electron chi connectivity index (χ0n) is 13.5. The van der Waals surface area contributed by atoms with E-state index >= 15 is 0 Å². The fourth-order valence-corrected chi connectivity index (χ4v) is 2.81. The minimum atomic E-state index is -0.404. The van der Waals surface area contributed by atoms with Crippen molar-refractivity contribution >= 4 is 24.0 Å². The molecule has 124 valence electrons. The molecular weight excluding hydrogens is 298 g/mol. The fourth-order valence-electron chi connectivity index (χ4n) is 2.81. The summed E-state index contributed by atoms with van der Waals surface area (Å²) < 4.78 is 0. The highest BCUT2D eigenvalue weighted by atomic mass is 35.5. The number of anilines is 1. The number of carbonyl (C=O) groups excluding carboxylic acids is 1. The van der Waals surface area contributed by atoms with Gasteiger partial charge in [0.15, 0.2) is 0 Å². The van der Waals surface area contributed by atoms with Crippen LogP contribution in [-0.2, 0) is 4.79 Å². The van der Waals surface area contributed by atoms with Gasteiger partial charge in [0.2, 0.25) is 5.91 Å². The van der Waals surface area contributed by atoms with Crippen LogP contribution < -0.4 is 16.0 Å². The molecule has 0 spiro atoms. The number of nitrogens with one attached hydrogen (secondary N) is 1. The van der Waals surface area contributed by atoms with Crippen LogP contribution in [0.2, 0.25) is 0 Å². The van der Waals surface area contributed by atoms with E-state index in [1.54, 1.807) is 0 Å². The standard InChI is InChI=1S/C17H27N3O.ClH/c1-3-7-16(18)17(21)19-13(2)14-8-6-9-15(12-14)20-10-4-5-11-20;/h6,8-9,12-13,16H,3-5,7,10-11,18H2,1-2H3,(H,19,21);1H. The van der Waals surface area contributed by atoms with E-state index in [-0.39, 0.29) is 24.4 Å². The lowest BCUT2D eigenvalue weighted by atomic mass is 10.1. The first-order valence-electron chi connectivity index (χ1n) is 8.02. The summed E-state index contributed by atoms with van der Waals surface area (Å²) in [5.41, 5.74) is 8.25. The van der Waals surface area contributed by atoms with E-state index in [2.05, 4.69) is 34.5 Å². The van der Waals surface area contributed by atoms with Crippen molar-refractivity contribution in [2.75, 3.05) is 18.0 Å². The van der Waals surface area contributed by atoms with Gasteiger partial charge in [-0.25, -0.2) is 0 Å². The summed E-state index contributed by atoms with van der Waals surface area (Å²) >= 11 is 0. The molecule has 22 heavy (non-hydrogen) atoms. The second-order valence-corrected chi connectivity index (χ2v) is 5.91. The number of hydrogen-bond acceptors (Lipinski definition) is 3. The first-order chi connectivity index (χ1) is 10.1. The smallest absolute Gasteiger partial charge is 0.237 e. The maximum atomic E-state index is 12.0. The van der Waals surface area contributed by atoms with Crippen LogP contribution in [0.15, 0.2) is 24.3 Å². The quantitative estimate of drug-likeness (QED) is 0.845. The molecule has 1 saturated heterocycles. The van der Waals surface area contributed by atoms with E-state index in [0.29, 0.717) is 0 Å². The third kappa shape index (κ3) is 4.89. The van der Waals surface area contributed by atoms with Crippen molar-refractivity contribution in [3.63, 3.8) is 0 Å². The highest BCUT2D eigenvalue weighted by molar-refractivity contribution is 5.85. The van der Waals surface area contributed by atoms with Gasteiger partial charge in [0.05, 0.1) is 12.1 Å². The molecule has 0 radical (unpaired) electrons. The van der Waals surface area contributed by atoms with Crippen LogP contribution in [0.3, 0.4) is 0 Å². The molecule has 1 fully saturated rings. The lowest BCUT2D eigenvalue weighted by molar-refractivity contribution is -0.123. The van der Waals surface area contributed by atoms with Gasteiger partial charge in [-0.2, -0.15) is 0 Å². The molecule has 1 heterocycles. The minimum absolute atomic E-state index is 0. The van der Waals surface area contributed by atoms with Crippen LogP contribution >= 0.6 is 12.4 Å². The Labute approximate surface area is 139 Å². The van der Waals surface area contributed by atoms with E-state index in [0.717, 1.165) is 31.5 Å². The van der Waals surface area contributed by atoms with Crippen LogP contribution in [0.25, 0.3) is 0 Å². The molecule has 1 aromatic rings. The molecule has 3 N–H and O–H groups in total. The van der Waals surface area contributed by atoms with Crippen molar-refractivity contribution in [1.29, 1.82) is 0 Å². The number of halogens is 1. The Morgan fingerprint density at radius 1 is 1.36 bits per heavy atom. The molecule has 1 aliphatic rings. The van der Waals surface area contributed by atoms with Gasteiger partial charge in [-0.05, 0) is 43.9 Å². The lowest BCUT2D eigenvalue weighted by Crippen LogP contribution is -2.41. The summed E-state index contributed by atoms with van der Waals surface area (Å²) in [4.78, 5) is 14.4. The zero-order chi connectivity index (χ0) is 15.2. The molecule has 1 aromatic carbocycles. The first kappa shape index (κ1) is 18.8. The summed E-state index contributed by atoms with van der Waals surface area (Å²) in [6.45, 7) is 6.31. The Morgan fingerprint density at radius 3 is 2.68 bits per heavy atom. The molecule has 0 aliphatic carbocycles. The van der Waals surface area contributed by atoms with Gasteiger partial charge in [0.1, 0.15) is 0 Å². The van der Waals surface area contributed by atoms with Crippen LogP contribution in [0.4, 0.5) is 5.69 Å². The van der Waals surface area contributed by atoms with Gasteiger partial charge < -0.3 is 16.0 Å². The van der Waals surface area contributed by atoms with E-state index in [1.165, 1.54) is 18.5 Å². The topological polar surface area (TPSA) is 58.4 Å². The maximum absolute atomic E-state index is 12.0. The molecular formula is C17H28ClN3O. The van der Waals surface area contributed by atoms with Crippen molar-refractivity contribution in [2.24, 2.45) is 5.73 Å². The second-order valence-electron chi connectivity index (χ2n) is 5.91. The first-order valence-corrected chi connectivity index (χ1v) is 8.02. The number of rotatable bonds is 6. The molecule has 2 atom stereocenters. The third-order valence-corrected chi connectivity index (χ3v) is 4.14. The highest BCUT2D eigenvalue weighted by Gasteiger charge is 2.17. The van der Waals surface area contributed by atoms with Crippen LogP contribution in [0.5, 0.6) is 0 Å². The predicted molar refractivity (Wildman–Crippen MR) is 94.6 cm³/mol. The zero-order valence-corrected chi connectivity index (χ0v) is 14.4. The molecule has 1 aliphatic heterocycles. The Morgan fingerprint density at radius 2 is 2.05 bits per heavy atom. The Kier molecular flexibility index (Phi) is 7.69. The minimum Gasteiger partial charge on any atom is -0.372 e. The summed E-state index contributed by atoms with van der Waals surface area (Å²) in [6.07, 6.45) is 4.19. The number of nitrogens with two attached hydrogens (primary N) is 1. The maximum Gasteiger partial charge on any atom is 0.237 e. The summed E-state index contributed by atoms with van der Waals surface area (Å²) in [6, 6.07) is 8.04. The Hall–Kier alpha value is -1.26. The van der Waals surface area contributed by atoms with Crippen molar-refractivity contribution in [3.8, 4) is 0 Å². The van der Waals surface area contributed by atoms with Gasteiger partial charge in [-0.15, -0.1) is 12.4 Å². The monoisotopic (exact) mass is 325 g/mol. The lowest BCUT2D eigenvalue weighted by Gasteiger charge is -2.21. The summed E-state index contributed by atoms with van der Waals surface area (Å²) in [5.74, 6) is -0.0593. The normalized spacial score (nSPS) is 16.8. The largest absolute Gasteiger partial charge is 0.372 e. The van der Waals surface area contributed by atoms with Crippen LogP contribution in [0, 0.1) is 0 Å². The average Bonchev–Trinajstić information content (AvgIpc) is 3.01. The summed E-state index contributed by atoms with van der Waals surface area (Å²) in [5, 5.41) is 3.02. The number of benzene rings is 1. The predicted octanol–water partition coefficient (Wildman–Crippen LogP) is 3.01. The van der Waals surface area contributed by atoms with Crippen molar-refractivity contribution < 1.29 is 4.79 Å². The van der Waals surface area contributed by atoms with Crippen LogP contribution in [-0.4, -0.2) is 25.0 Å².